The minimum absolute atomic E-state index is 0.160. The zero-order valence-electron chi connectivity index (χ0n) is 13.7. The Kier molecular flexibility index (Phi) is 3.89. The molecule has 0 aliphatic carbocycles. The Morgan fingerprint density at radius 3 is 2.81 bits per heavy atom. The highest BCUT2D eigenvalue weighted by atomic mass is 16.1. The molecule has 4 aromatic rings. The van der Waals surface area contributed by atoms with Gasteiger partial charge in [-0.25, -0.2) is 9.97 Å². The van der Waals surface area contributed by atoms with Gasteiger partial charge in [-0.3, -0.25) is 18.8 Å². The topological polar surface area (TPSA) is 85.8 Å². The number of pyridine rings is 2. The molecule has 0 spiro atoms. The number of carbonyl (C=O) groups excluding carboxylic acids is 2. The minimum atomic E-state index is -0.284. The highest BCUT2D eigenvalue weighted by Gasteiger charge is 2.12. The lowest BCUT2D eigenvalue weighted by Crippen LogP contribution is -2.17. The maximum Gasteiger partial charge on any atom is 0.258 e. The van der Waals surface area contributed by atoms with E-state index < -0.39 is 0 Å². The Hall–Kier alpha value is -3.61. The molecular weight excluding hydrogens is 332 g/mol. The van der Waals surface area contributed by atoms with Gasteiger partial charge in [0.2, 0.25) is 0 Å². The predicted octanol–water partition coefficient (Wildman–Crippen LogP) is 1.97. The number of rotatable bonds is 5. The van der Waals surface area contributed by atoms with Crippen molar-refractivity contribution in [2.24, 2.45) is 0 Å². The van der Waals surface area contributed by atoms with Crippen molar-refractivity contribution in [2.45, 2.75) is 12.8 Å². The van der Waals surface area contributed by atoms with Gasteiger partial charge in [-0.15, -0.1) is 0 Å². The van der Waals surface area contributed by atoms with E-state index in [1.807, 2.05) is 6.20 Å². The van der Waals surface area contributed by atoms with E-state index in [2.05, 4.69) is 9.97 Å². The summed E-state index contributed by atoms with van der Waals surface area (Å²) >= 11 is 0. The molecule has 0 saturated carbocycles. The highest BCUT2D eigenvalue weighted by Crippen LogP contribution is 2.10. The molecule has 0 aliphatic heterocycles. The van der Waals surface area contributed by atoms with Gasteiger partial charge in [-0.05, 0) is 30.7 Å². The monoisotopic (exact) mass is 346 g/mol. The van der Waals surface area contributed by atoms with E-state index in [0.717, 1.165) is 12.0 Å². The highest BCUT2D eigenvalue weighted by molar-refractivity contribution is 5.94. The average molecular weight is 346 g/mol. The molecule has 0 fully saturated rings. The van der Waals surface area contributed by atoms with Gasteiger partial charge in [-0.2, -0.15) is 0 Å². The van der Waals surface area contributed by atoms with Crippen LogP contribution in [0.2, 0.25) is 0 Å². The van der Waals surface area contributed by atoms with Crippen molar-refractivity contribution in [3.05, 3.63) is 82.3 Å². The van der Waals surface area contributed by atoms with Crippen molar-refractivity contribution in [3.63, 3.8) is 0 Å². The molecule has 4 heterocycles. The van der Waals surface area contributed by atoms with Gasteiger partial charge in [0.05, 0.1) is 5.69 Å². The number of fused-ring (bicyclic) bond motifs is 2. The van der Waals surface area contributed by atoms with Gasteiger partial charge in [0.1, 0.15) is 23.3 Å². The Balaban J connectivity index is 1.55. The first-order valence-corrected chi connectivity index (χ1v) is 8.08. The van der Waals surface area contributed by atoms with Gasteiger partial charge in [0.15, 0.2) is 5.78 Å². The maximum atomic E-state index is 12.4. The van der Waals surface area contributed by atoms with Crippen LogP contribution in [0.5, 0.6) is 0 Å². The molecule has 0 aromatic carbocycles. The third kappa shape index (κ3) is 2.90. The Morgan fingerprint density at radius 1 is 1.08 bits per heavy atom. The summed E-state index contributed by atoms with van der Waals surface area (Å²) in [6, 6.07) is 9.82. The van der Waals surface area contributed by atoms with E-state index >= 15 is 0 Å². The van der Waals surface area contributed by atoms with E-state index in [1.165, 1.54) is 10.5 Å². The number of hydrogen-bond donors (Lipinski definition) is 0. The first-order chi connectivity index (χ1) is 12.6. The van der Waals surface area contributed by atoms with Crippen LogP contribution in [0.15, 0.2) is 59.8 Å². The lowest BCUT2D eigenvalue weighted by atomic mass is 10.1. The summed E-state index contributed by atoms with van der Waals surface area (Å²) in [7, 11) is 0. The number of aromatic nitrogens is 4. The fourth-order valence-corrected chi connectivity index (χ4v) is 2.81. The standard InChI is InChI=1S/C19H14N4O3/c24-12-13-6-8-22-11-14(20-18(22)9-13)4-5-16(25)15-10-19(26)23-7-2-1-3-17(23)21-15/h1-3,6-12H,4-5H2. The molecule has 0 saturated heterocycles. The van der Waals surface area contributed by atoms with Crippen molar-refractivity contribution in [2.75, 3.05) is 0 Å². The molecule has 0 amide bonds. The first kappa shape index (κ1) is 15.9. The zero-order chi connectivity index (χ0) is 18.1. The van der Waals surface area contributed by atoms with Crippen molar-refractivity contribution in [1.29, 1.82) is 0 Å². The van der Waals surface area contributed by atoms with Gasteiger partial charge < -0.3 is 4.40 Å². The molecule has 0 N–H and O–H groups in total. The molecule has 0 bridgehead atoms. The van der Waals surface area contributed by atoms with E-state index in [0.29, 0.717) is 23.3 Å². The minimum Gasteiger partial charge on any atom is -0.307 e. The van der Waals surface area contributed by atoms with Gasteiger partial charge in [0.25, 0.3) is 5.56 Å². The summed E-state index contributed by atoms with van der Waals surface area (Å²) in [6.45, 7) is 0. The fourth-order valence-electron chi connectivity index (χ4n) is 2.81. The number of hydrogen-bond acceptors (Lipinski definition) is 5. The fraction of sp³-hybridized carbons (Fsp3) is 0.105. The summed E-state index contributed by atoms with van der Waals surface area (Å²) in [6.07, 6.45) is 6.57. The molecule has 128 valence electrons. The number of carbonyl (C=O) groups is 2. The molecule has 4 aromatic heterocycles. The van der Waals surface area contributed by atoms with Crippen molar-refractivity contribution < 1.29 is 9.59 Å². The largest absolute Gasteiger partial charge is 0.307 e. The second-order valence-corrected chi connectivity index (χ2v) is 5.91. The Morgan fingerprint density at radius 2 is 1.96 bits per heavy atom. The third-order valence-electron chi connectivity index (χ3n) is 4.14. The van der Waals surface area contributed by atoms with Crippen LogP contribution in [0, 0.1) is 0 Å². The van der Waals surface area contributed by atoms with Crippen LogP contribution >= 0.6 is 0 Å². The Labute approximate surface area is 147 Å². The van der Waals surface area contributed by atoms with Crippen molar-refractivity contribution >= 4 is 23.4 Å². The summed E-state index contributed by atoms with van der Waals surface area (Å²) in [5.74, 6) is -0.209. The van der Waals surface area contributed by atoms with Crippen LogP contribution in [0.4, 0.5) is 0 Å². The van der Waals surface area contributed by atoms with E-state index in [1.54, 1.807) is 47.1 Å². The molecule has 26 heavy (non-hydrogen) atoms. The summed E-state index contributed by atoms with van der Waals surface area (Å²) < 4.78 is 3.19. The van der Waals surface area contributed by atoms with Gasteiger partial charge >= 0.3 is 0 Å². The molecule has 7 nitrogen and oxygen atoms in total. The molecule has 0 radical (unpaired) electrons. The smallest absolute Gasteiger partial charge is 0.258 e. The summed E-state index contributed by atoms with van der Waals surface area (Å²) in [5, 5.41) is 0. The van der Waals surface area contributed by atoms with Crippen LogP contribution in [-0.4, -0.2) is 30.8 Å². The van der Waals surface area contributed by atoms with Gasteiger partial charge in [-0.1, -0.05) is 6.07 Å². The van der Waals surface area contributed by atoms with Crippen molar-refractivity contribution in [1.82, 2.24) is 18.8 Å². The third-order valence-corrected chi connectivity index (χ3v) is 4.14. The number of nitrogens with zero attached hydrogens (tertiary/aromatic N) is 4. The van der Waals surface area contributed by atoms with Gasteiger partial charge in [0, 0.05) is 36.6 Å². The first-order valence-electron chi connectivity index (χ1n) is 8.08. The molecule has 0 atom stereocenters. The lowest BCUT2D eigenvalue weighted by molar-refractivity contribution is 0.0977. The molecule has 7 heteroatoms. The van der Waals surface area contributed by atoms with E-state index in [-0.39, 0.29) is 23.5 Å². The molecule has 0 aliphatic rings. The number of Topliss-reactive ketones (excluding diaryl/α,β-unsaturated/α-hetero) is 1. The number of imidazole rings is 1. The average Bonchev–Trinajstić information content (AvgIpc) is 3.08. The van der Waals surface area contributed by atoms with Crippen LogP contribution in [0.1, 0.15) is 33.0 Å². The summed E-state index contributed by atoms with van der Waals surface area (Å²) in [4.78, 5) is 44.0. The SMILES string of the molecule is O=Cc1ccn2cc(CCC(=O)c3cc(=O)n4ccccc4n3)nc2c1. The zero-order valence-corrected chi connectivity index (χ0v) is 13.7. The number of aryl methyl sites for hydroxylation is 1. The van der Waals surface area contributed by atoms with E-state index in [9.17, 15) is 14.4 Å². The van der Waals surface area contributed by atoms with Crippen LogP contribution in [-0.2, 0) is 6.42 Å². The molecule has 4 rings (SSSR count). The normalized spacial score (nSPS) is 11.1. The van der Waals surface area contributed by atoms with Crippen LogP contribution in [0.25, 0.3) is 11.3 Å². The Bertz CT molecular complexity index is 1210. The quantitative estimate of drug-likeness (QED) is 0.407. The number of aldehydes is 1. The maximum absolute atomic E-state index is 12.4. The second kappa shape index (κ2) is 6.36. The predicted molar refractivity (Wildman–Crippen MR) is 94.7 cm³/mol. The summed E-state index contributed by atoms with van der Waals surface area (Å²) in [5.41, 5.74) is 2.25. The van der Waals surface area contributed by atoms with Crippen LogP contribution in [0.3, 0.4) is 0 Å². The van der Waals surface area contributed by atoms with Crippen molar-refractivity contribution in [3.8, 4) is 0 Å². The molecular formula is C19H14N4O3. The van der Waals surface area contributed by atoms with E-state index in [4.69, 9.17) is 0 Å². The molecule has 0 unspecified atom stereocenters. The second-order valence-electron chi connectivity index (χ2n) is 5.91. The van der Waals surface area contributed by atoms with Crippen LogP contribution < -0.4 is 5.56 Å². The lowest BCUT2D eigenvalue weighted by Gasteiger charge is -2.02. The number of ketones is 1.